The highest BCUT2D eigenvalue weighted by Gasteiger charge is 2.66. The first-order valence-corrected chi connectivity index (χ1v) is 18.4. The predicted molar refractivity (Wildman–Crippen MR) is 183 cm³/mol. The van der Waals surface area contributed by atoms with Crippen LogP contribution in [0.2, 0.25) is 0 Å². The van der Waals surface area contributed by atoms with Gasteiger partial charge < -0.3 is 9.47 Å². The van der Waals surface area contributed by atoms with Crippen molar-refractivity contribution in [3.05, 3.63) is 47.0 Å². The lowest BCUT2D eigenvalue weighted by Gasteiger charge is -2.62. The van der Waals surface area contributed by atoms with Crippen LogP contribution in [0.4, 0.5) is 0 Å². The Balaban J connectivity index is 1.49. The second-order valence-electron chi connectivity index (χ2n) is 16.8. The Labute approximate surface area is 278 Å². The standard InChI is InChI=1S/C41H60O5/c1-9-45-35(43)22-25-41-24-21-30(28(4)15-13-14-27(2)3)40(41,8)23-20-31-32(41)18-19-34-38(5,6)36(33(42)26-39(31,34)7)46-37(44)29-16-11-10-12-17-29/h10-12,16-17,27-28,30,34,36H,9,13-15,18-26H2,1-8H3/t28-,30-,34?,36+,39-,40-,41-/m1/s1. The van der Waals surface area contributed by atoms with E-state index in [0.29, 0.717) is 36.8 Å². The SMILES string of the molecule is CCOC(=O)CC[C@@]12CC[C@H]([C@H](C)CCCC(C)C)[C@@]1(C)CCC1=C2CCC2C(C)(C)[C@@H](OC(=O)c3ccccc3)C(=O)C[C@]12C. The molecule has 7 atom stereocenters. The fourth-order valence-corrected chi connectivity index (χ4v) is 11.5. The largest absolute Gasteiger partial charge is 0.466 e. The molecule has 0 aromatic heterocycles. The van der Waals surface area contributed by atoms with E-state index >= 15 is 0 Å². The third kappa shape index (κ3) is 5.91. The molecule has 2 fully saturated rings. The second-order valence-corrected chi connectivity index (χ2v) is 16.8. The van der Waals surface area contributed by atoms with Crippen molar-refractivity contribution in [3.8, 4) is 0 Å². The van der Waals surface area contributed by atoms with Crippen LogP contribution in [0.3, 0.4) is 0 Å². The fourth-order valence-electron chi connectivity index (χ4n) is 11.5. The average molecular weight is 633 g/mol. The molecule has 0 saturated heterocycles. The summed E-state index contributed by atoms with van der Waals surface area (Å²) < 4.78 is 11.5. The molecule has 0 spiro atoms. The molecule has 0 N–H and O–H groups in total. The lowest BCUT2D eigenvalue weighted by molar-refractivity contribution is -0.155. The Morgan fingerprint density at radius 1 is 0.935 bits per heavy atom. The van der Waals surface area contributed by atoms with E-state index < -0.39 is 17.5 Å². The molecular formula is C41H60O5. The number of ketones is 1. The van der Waals surface area contributed by atoms with E-state index in [1.807, 2.05) is 25.1 Å². The van der Waals surface area contributed by atoms with Crippen molar-refractivity contribution in [2.24, 2.45) is 45.3 Å². The van der Waals surface area contributed by atoms with Gasteiger partial charge in [-0.3, -0.25) is 9.59 Å². The van der Waals surface area contributed by atoms with Crippen LogP contribution >= 0.6 is 0 Å². The molecule has 0 radical (unpaired) electrons. The molecule has 5 rings (SSSR count). The van der Waals surface area contributed by atoms with Crippen LogP contribution in [-0.4, -0.2) is 30.4 Å². The molecule has 1 aromatic carbocycles. The number of rotatable bonds is 11. The monoisotopic (exact) mass is 632 g/mol. The molecule has 0 aliphatic heterocycles. The van der Waals surface area contributed by atoms with Crippen LogP contribution in [0.15, 0.2) is 41.5 Å². The molecule has 4 aliphatic rings. The number of carbonyl (C=O) groups is 3. The number of ether oxygens (including phenoxy) is 2. The minimum Gasteiger partial charge on any atom is -0.466 e. The first kappa shape index (κ1) is 34.9. The number of fused-ring (bicyclic) bond motifs is 4. The van der Waals surface area contributed by atoms with Crippen LogP contribution < -0.4 is 0 Å². The number of allylic oxidation sites excluding steroid dienone is 2. The molecular weight excluding hydrogens is 572 g/mol. The van der Waals surface area contributed by atoms with E-state index in [1.165, 1.54) is 31.3 Å². The Hall–Kier alpha value is -2.43. The van der Waals surface area contributed by atoms with Gasteiger partial charge in [0, 0.05) is 18.3 Å². The Bertz CT molecular complexity index is 1330. The summed E-state index contributed by atoms with van der Waals surface area (Å²) in [5.41, 5.74) is 2.87. The van der Waals surface area contributed by atoms with Gasteiger partial charge in [-0.25, -0.2) is 4.79 Å². The smallest absolute Gasteiger partial charge is 0.338 e. The number of carbonyl (C=O) groups excluding carboxylic acids is 3. The predicted octanol–water partition coefficient (Wildman–Crippen LogP) is 9.93. The highest BCUT2D eigenvalue weighted by Crippen LogP contribution is 2.73. The van der Waals surface area contributed by atoms with E-state index in [2.05, 4.69) is 48.5 Å². The summed E-state index contributed by atoms with van der Waals surface area (Å²) in [6, 6.07) is 9.02. The van der Waals surface area contributed by atoms with Gasteiger partial charge in [0.25, 0.3) is 0 Å². The van der Waals surface area contributed by atoms with Gasteiger partial charge in [0.1, 0.15) is 0 Å². The molecule has 0 amide bonds. The molecule has 254 valence electrons. The van der Waals surface area contributed by atoms with Gasteiger partial charge in [-0.15, -0.1) is 0 Å². The number of Topliss-reactive ketones (excluding diaryl/α,β-unsaturated/α-hetero) is 1. The van der Waals surface area contributed by atoms with Crippen molar-refractivity contribution in [1.29, 1.82) is 0 Å². The van der Waals surface area contributed by atoms with Gasteiger partial charge in [-0.2, -0.15) is 0 Å². The normalized spacial score (nSPS) is 34.0. The van der Waals surface area contributed by atoms with E-state index in [0.717, 1.165) is 44.4 Å². The van der Waals surface area contributed by atoms with Gasteiger partial charge in [0.2, 0.25) is 0 Å². The number of hydrogen-bond acceptors (Lipinski definition) is 5. The first-order chi connectivity index (χ1) is 21.7. The fraction of sp³-hybridized carbons (Fsp3) is 0.732. The molecule has 4 aliphatic carbocycles. The summed E-state index contributed by atoms with van der Waals surface area (Å²) in [6.45, 7) is 18.6. The van der Waals surface area contributed by atoms with Crippen molar-refractivity contribution >= 4 is 17.7 Å². The summed E-state index contributed by atoms with van der Waals surface area (Å²) in [6.07, 6.45) is 11.2. The molecule has 5 heteroatoms. The second kappa shape index (κ2) is 13.2. The lowest BCUT2D eigenvalue weighted by atomic mass is 9.42. The third-order valence-electron chi connectivity index (χ3n) is 13.6. The van der Waals surface area contributed by atoms with Crippen LogP contribution in [0.1, 0.15) is 143 Å². The maximum absolute atomic E-state index is 14.1. The van der Waals surface area contributed by atoms with Crippen molar-refractivity contribution in [1.82, 2.24) is 0 Å². The van der Waals surface area contributed by atoms with Gasteiger partial charge >= 0.3 is 11.9 Å². The van der Waals surface area contributed by atoms with Gasteiger partial charge in [0.05, 0.1) is 12.2 Å². The molecule has 1 unspecified atom stereocenters. The quantitative estimate of drug-likeness (QED) is 0.179. The first-order valence-electron chi connectivity index (χ1n) is 18.4. The molecule has 2 saturated carbocycles. The average Bonchev–Trinajstić information content (AvgIpc) is 3.31. The number of esters is 2. The topological polar surface area (TPSA) is 69.7 Å². The maximum atomic E-state index is 14.1. The zero-order valence-electron chi connectivity index (χ0n) is 30.0. The Kier molecular flexibility index (Phi) is 10.0. The van der Waals surface area contributed by atoms with Crippen molar-refractivity contribution in [3.63, 3.8) is 0 Å². The van der Waals surface area contributed by atoms with Crippen molar-refractivity contribution in [2.75, 3.05) is 6.61 Å². The van der Waals surface area contributed by atoms with E-state index in [1.54, 1.807) is 17.7 Å². The van der Waals surface area contributed by atoms with E-state index in [-0.39, 0.29) is 33.9 Å². The number of hydrogen-bond donors (Lipinski definition) is 0. The molecule has 0 bridgehead atoms. The summed E-state index contributed by atoms with van der Waals surface area (Å²) in [5, 5.41) is 0. The third-order valence-corrected chi connectivity index (χ3v) is 13.6. The van der Waals surface area contributed by atoms with Crippen molar-refractivity contribution < 1.29 is 23.9 Å². The minimum absolute atomic E-state index is 0.0396. The van der Waals surface area contributed by atoms with Crippen LogP contribution in [0, 0.1) is 45.3 Å². The summed E-state index contributed by atoms with van der Waals surface area (Å²) in [4.78, 5) is 40.1. The summed E-state index contributed by atoms with van der Waals surface area (Å²) in [5.74, 6) is 1.78. The summed E-state index contributed by atoms with van der Waals surface area (Å²) >= 11 is 0. The Morgan fingerprint density at radius 2 is 1.65 bits per heavy atom. The zero-order valence-corrected chi connectivity index (χ0v) is 30.0. The van der Waals surface area contributed by atoms with Crippen molar-refractivity contribution in [2.45, 2.75) is 139 Å². The summed E-state index contributed by atoms with van der Waals surface area (Å²) in [7, 11) is 0. The number of benzene rings is 1. The van der Waals surface area contributed by atoms with E-state index in [4.69, 9.17) is 9.47 Å². The van der Waals surface area contributed by atoms with Gasteiger partial charge in [0.15, 0.2) is 11.9 Å². The molecule has 46 heavy (non-hydrogen) atoms. The highest BCUT2D eigenvalue weighted by atomic mass is 16.5. The maximum Gasteiger partial charge on any atom is 0.338 e. The zero-order chi connectivity index (χ0) is 33.5. The van der Waals surface area contributed by atoms with Crippen LogP contribution in [0.5, 0.6) is 0 Å². The van der Waals surface area contributed by atoms with Gasteiger partial charge in [-0.05, 0) is 104 Å². The minimum atomic E-state index is -0.755. The lowest BCUT2D eigenvalue weighted by Crippen LogP contribution is -2.59. The highest BCUT2D eigenvalue weighted by molar-refractivity contribution is 5.94. The van der Waals surface area contributed by atoms with Crippen LogP contribution in [0.25, 0.3) is 0 Å². The van der Waals surface area contributed by atoms with Crippen LogP contribution in [-0.2, 0) is 19.1 Å². The molecule has 1 aromatic rings. The van der Waals surface area contributed by atoms with Gasteiger partial charge in [-0.1, -0.05) is 97.1 Å². The molecule has 0 heterocycles. The van der Waals surface area contributed by atoms with E-state index in [9.17, 15) is 14.4 Å². The Morgan fingerprint density at radius 3 is 2.33 bits per heavy atom. The molecule has 5 nitrogen and oxygen atoms in total.